The van der Waals surface area contributed by atoms with Crippen molar-refractivity contribution in [3.05, 3.63) is 69.3 Å². The molecule has 2 aliphatic heterocycles. The van der Waals surface area contributed by atoms with Gasteiger partial charge in [-0.25, -0.2) is 0 Å². The van der Waals surface area contributed by atoms with E-state index in [0.29, 0.717) is 18.0 Å². The van der Waals surface area contributed by atoms with Crippen molar-refractivity contribution in [1.29, 1.82) is 0 Å². The summed E-state index contributed by atoms with van der Waals surface area (Å²) in [4.78, 5) is 52.2. The van der Waals surface area contributed by atoms with Crippen molar-refractivity contribution in [1.82, 2.24) is 4.90 Å². The Morgan fingerprint density at radius 3 is 2.52 bits per heavy atom. The van der Waals surface area contributed by atoms with E-state index < -0.39 is 40.4 Å². The molecular weight excluding hydrogens is 426 g/mol. The highest BCUT2D eigenvalue weighted by molar-refractivity contribution is 6.24. The van der Waals surface area contributed by atoms with Crippen LogP contribution in [-0.4, -0.2) is 46.2 Å². The normalized spacial score (nSPS) is 16.3. The molecule has 0 fully saturated rings. The monoisotopic (exact) mass is 449 g/mol. The summed E-state index contributed by atoms with van der Waals surface area (Å²) < 4.78 is 5.59. The van der Waals surface area contributed by atoms with Crippen LogP contribution in [0, 0.1) is 10.1 Å². The standard InChI is InChI=1S/C24H23N3O6/c1-5-33-15-9-10-18-17(11-15)14(2)12-24(3,4)26(18)20(28)13-25-22(29)16-7-6-8-19(27(31)32)21(16)23(25)30/h6-12H,5,13H2,1-4H3. The van der Waals surface area contributed by atoms with E-state index in [4.69, 9.17) is 4.74 Å². The largest absolute Gasteiger partial charge is 0.494 e. The highest BCUT2D eigenvalue weighted by Crippen LogP contribution is 2.41. The Balaban J connectivity index is 1.69. The van der Waals surface area contributed by atoms with Gasteiger partial charge in [-0.15, -0.1) is 0 Å². The number of anilines is 1. The van der Waals surface area contributed by atoms with Crippen molar-refractivity contribution in [2.45, 2.75) is 33.2 Å². The van der Waals surface area contributed by atoms with E-state index in [1.165, 1.54) is 18.2 Å². The molecule has 9 heteroatoms. The molecule has 9 nitrogen and oxygen atoms in total. The maximum atomic E-state index is 13.5. The number of imide groups is 1. The summed E-state index contributed by atoms with van der Waals surface area (Å²) >= 11 is 0. The first-order valence-corrected chi connectivity index (χ1v) is 10.5. The maximum absolute atomic E-state index is 13.5. The second-order valence-corrected chi connectivity index (χ2v) is 8.48. The van der Waals surface area contributed by atoms with Crippen LogP contribution in [0.4, 0.5) is 11.4 Å². The summed E-state index contributed by atoms with van der Waals surface area (Å²) in [7, 11) is 0. The van der Waals surface area contributed by atoms with Gasteiger partial charge in [0.2, 0.25) is 5.91 Å². The molecule has 0 spiro atoms. The Morgan fingerprint density at radius 2 is 1.85 bits per heavy atom. The number of rotatable bonds is 5. The summed E-state index contributed by atoms with van der Waals surface area (Å²) in [5, 5.41) is 11.3. The van der Waals surface area contributed by atoms with Crippen molar-refractivity contribution in [3.63, 3.8) is 0 Å². The number of fused-ring (bicyclic) bond motifs is 2. The average molecular weight is 449 g/mol. The van der Waals surface area contributed by atoms with Crippen LogP contribution in [0.15, 0.2) is 42.5 Å². The van der Waals surface area contributed by atoms with E-state index in [1.807, 2.05) is 39.8 Å². The van der Waals surface area contributed by atoms with E-state index >= 15 is 0 Å². The van der Waals surface area contributed by atoms with Crippen molar-refractivity contribution in [3.8, 4) is 5.75 Å². The fourth-order valence-corrected chi connectivity index (χ4v) is 4.54. The lowest BCUT2D eigenvalue weighted by molar-refractivity contribution is -0.385. The minimum atomic E-state index is -0.843. The van der Waals surface area contributed by atoms with Gasteiger partial charge >= 0.3 is 0 Å². The van der Waals surface area contributed by atoms with E-state index in [-0.39, 0.29) is 11.1 Å². The van der Waals surface area contributed by atoms with Crippen molar-refractivity contribution < 1.29 is 24.0 Å². The Hall–Kier alpha value is -4.01. The van der Waals surface area contributed by atoms with Crippen LogP contribution < -0.4 is 9.64 Å². The predicted octanol–water partition coefficient (Wildman–Crippen LogP) is 3.82. The van der Waals surface area contributed by atoms with Crippen LogP contribution in [0.3, 0.4) is 0 Å². The molecule has 2 heterocycles. The molecule has 0 saturated carbocycles. The fourth-order valence-electron chi connectivity index (χ4n) is 4.54. The zero-order chi connectivity index (χ0) is 24.1. The lowest BCUT2D eigenvalue weighted by Gasteiger charge is -2.42. The molecule has 0 unspecified atom stereocenters. The molecule has 0 saturated heterocycles. The predicted molar refractivity (Wildman–Crippen MR) is 121 cm³/mol. The molecule has 0 bridgehead atoms. The smallest absolute Gasteiger partial charge is 0.282 e. The van der Waals surface area contributed by atoms with Gasteiger partial charge in [0.25, 0.3) is 17.5 Å². The van der Waals surface area contributed by atoms with Gasteiger partial charge in [0.15, 0.2) is 0 Å². The molecule has 170 valence electrons. The van der Waals surface area contributed by atoms with Gasteiger partial charge in [0, 0.05) is 11.6 Å². The first-order valence-electron chi connectivity index (χ1n) is 10.5. The Kier molecular flexibility index (Phi) is 5.27. The second kappa shape index (κ2) is 7.84. The number of hydrogen-bond acceptors (Lipinski definition) is 6. The van der Waals surface area contributed by atoms with Gasteiger partial charge in [-0.05, 0) is 57.5 Å². The molecule has 3 amide bonds. The second-order valence-electron chi connectivity index (χ2n) is 8.48. The number of benzene rings is 2. The van der Waals surface area contributed by atoms with Crippen molar-refractivity contribution in [2.24, 2.45) is 0 Å². The average Bonchev–Trinajstić information content (AvgIpc) is 2.98. The van der Waals surface area contributed by atoms with Crippen molar-refractivity contribution >= 4 is 34.7 Å². The fraction of sp³-hybridized carbons (Fsp3) is 0.292. The molecule has 2 aromatic rings. The van der Waals surface area contributed by atoms with Crippen LogP contribution in [0.5, 0.6) is 5.75 Å². The van der Waals surface area contributed by atoms with Gasteiger partial charge in [0.05, 0.1) is 28.3 Å². The first kappa shape index (κ1) is 22.2. The summed E-state index contributed by atoms with van der Waals surface area (Å²) in [5.74, 6) is -1.38. The summed E-state index contributed by atoms with van der Waals surface area (Å²) in [6, 6.07) is 9.27. The van der Waals surface area contributed by atoms with Crippen molar-refractivity contribution in [2.75, 3.05) is 18.1 Å². The molecule has 33 heavy (non-hydrogen) atoms. The number of amides is 3. The molecule has 0 aliphatic carbocycles. The lowest BCUT2D eigenvalue weighted by atomic mass is 9.88. The SMILES string of the molecule is CCOc1ccc2c(c1)C(C)=CC(C)(C)N2C(=O)CN1C(=O)c2cccc([N+](=O)[O-])c2C1=O. The molecule has 2 aromatic carbocycles. The van der Waals surface area contributed by atoms with Gasteiger partial charge in [-0.3, -0.25) is 29.4 Å². The molecule has 0 radical (unpaired) electrons. The van der Waals surface area contributed by atoms with Crippen LogP contribution >= 0.6 is 0 Å². The zero-order valence-corrected chi connectivity index (χ0v) is 18.7. The third-order valence-electron chi connectivity index (χ3n) is 5.81. The number of hydrogen-bond donors (Lipinski definition) is 0. The highest BCUT2D eigenvalue weighted by atomic mass is 16.6. The highest BCUT2D eigenvalue weighted by Gasteiger charge is 2.44. The number of allylic oxidation sites excluding steroid dienone is 1. The van der Waals surface area contributed by atoms with Gasteiger partial charge in [0.1, 0.15) is 17.9 Å². The van der Waals surface area contributed by atoms with E-state index in [2.05, 4.69) is 0 Å². The van der Waals surface area contributed by atoms with E-state index in [1.54, 1.807) is 17.0 Å². The molecule has 0 N–H and O–H groups in total. The number of ether oxygens (including phenoxy) is 1. The van der Waals surface area contributed by atoms with E-state index in [9.17, 15) is 24.5 Å². The van der Waals surface area contributed by atoms with Crippen LogP contribution in [0.25, 0.3) is 5.57 Å². The minimum absolute atomic E-state index is 0.0719. The van der Waals surface area contributed by atoms with Gasteiger partial charge in [-0.1, -0.05) is 12.1 Å². The maximum Gasteiger partial charge on any atom is 0.282 e. The Bertz CT molecular complexity index is 1250. The number of nitrogens with zero attached hydrogens (tertiary/aromatic N) is 3. The lowest BCUT2D eigenvalue weighted by Crippen LogP contribution is -2.53. The van der Waals surface area contributed by atoms with Gasteiger partial charge in [-0.2, -0.15) is 0 Å². The molecule has 0 atom stereocenters. The summed E-state index contributed by atoms with van der Waals surface area (Å²) in [5.41, 5.74) is 0.880. The minimum Gasteiger partial charge on any atom is -0.494 e. The van der Waals surface area contributed by atoms with Gasteiger partial charge < -0.3 is 9.64 Å². The van der Waals surface area contributed by atoms with Crippen LogP contribution in [0.2, 0.25) is 0 Å². The molecule has 4 rings (SSSR count). The molecular formula is C24H23N3O6. The summed E-state index contributed by atoms with van der Waals surface area (Å²) in [6.07, 6.45) is 1.94. The number of nitro groups is 1. The third-order valence-corrected chi connectivity index (χ3v) is 5.81. The first-order chi connectivity index (χ1) is 15.6. The zero-order valence-electron chi connectivity index (χ0n) is 18.7. The Labute approximate surface area is 190 Å². The molecule has 2 aliphatic rings. The Morgan fingerprint density at radius 1 is 1.12 bits per heavy atom. The van der Waals surface area contributed by atoms with Crippen LogP contribution in [-0.2, 0) is 4.79 Å². The number of carbonyl (C=O) groups is 3. The quantitative estimate of drug-likeness (QED) is 0.390. The summed E-state index contributed by atoms with van der Waals surface area (Å²) in [6.45, 7) is 7.52. The number of nitro benzene ring substituents is 1. The van der Waals surface area contributed by atoms with E-state index in [0.717, 1.165) is 16.0 Å². The molecule has 0 aromatic heterocycles. The third kappa shape index (κ3) is 3.55. The number of carbonyl (C=O) groups excluding carboxylic acids is 3. The van der Waals surface area contributed by atoms with Crippen LogP contribution in [0.1, 0.15) is 54.0 Å². The topological polar surface area (TPSA) is 110 Å².